The predicted molar refractivity (Wildman–Crippen MR) is 99.7 cm³/mol. The van der Waals surface area contributed by atoms with Crippen LogP contribution in [0, 0.1) is 0 Å². The number of rotatable bonds is 2. The molecule has 3 aromatic heterocycles. The Morgan fingerprint density at radius 1 is 1.08 bits per heavy atom. The van der Waals surface area contributed by atoms with E-state index in [4.69, 9.17) is 4.42 Å². The molecule has 0 saturated carbocycles. The summed E-state index contributed by atoms with van der Waals surface area (Å²) in [5.74, 6) is 0. The molecule has 0 atom stereocenters. The molecular formula is C20H15NO3S. The second-order valence-corrected chi connectivity index (χ2v) is 7.42. The van der Waals surface area contributed by atoms with Gasteiger partial charge in [-0.1, -0.05) is 0 Å². The van der Waals surface area contributed by atoms with Crippen molar-refractivity contribution in [1.82, 2.24) is 4.57 Å². The molecule has 4 aromatic rings. The summed E-state index contributed by atoms with van der Waals surface area (Å²) in [7, 11) is 0. The Morgan fingerprint density at radius 3 is 2.80 bits per heavy atom. The van der Waals surface area contributed by atoms with Crippen LogP contribution >= 0.6 is 11.3 Å². The van der Waals surface area contributed by atoms with Crippen molar-refractivity contribution < 1.29 is 4.42 Å². The van der Waals surface area contributed by atoms with Crippen LogP contribution in [0.25, 0.3) is 21.2 Å². The van der Waals surface area contributed by atoms with Crippen molar-refractivity contribution in [3.8, 4) is 0 Å². The molecule has 0 amide bonds. The van der Waals surface area contributed by atoms with Crippen molar-refractivity contribution in [2.45, 2.75) is 25.8 Å². The van der Waals surface area contributed by atoms with Crippen LogP contribution in [0.3, 0.4) is 0 Å². The first-order chi connectivity index (χ1) is 12.2. The Hall–Kier alpha value is -2.66. The summed E-state index contributed by atoms with van der Waals surface area (Å²) in [4.78, 5) is 24.0. The summed E-state index contributed by atoms with van der Waals surface area (Å²) in [6, 6.07) is 9.30. The van der Waals surface area contributed by atoms with E-state index in [1.165, 1.54) is 22.5 Å². The molecule has 0 aliphatic heterocycles. The maximum atomic E-state index is 12.0. The molecule has 5 heteroatoms. The second kappa shape index (κ2) is 5.43. The Morgan fingerprint density at radius 2 is 1.92 bits per heavy atom. The quantitative estimate of drug-likeness (QED) is 0.519. The first-order valence-electron chi connectivity index (χ1n) is 8.34. The van der Waals surface area contributed by atoms with Gasteiger partial charge in [0, 0.05) is 30.3 Å². The monoisotopic (exact) mass is 349 g/mol. The average Bonchev–Trinajstić information content (AvgIpc) is 3.24. The lowest BCUT2D eigenvalue weighted by atomic mass is 10.0. The van der Waals surface area contributed by atoms with Crippen LogP contribution in [-0.2, 0) is 19.4 Å². The third-order valence-corrected chi connectivity index (χ3v) is 5.89. The van der Waals surface area contributed by atoms with Crippen molar-refractivity contribution in [2.75, 3.05) is 0 Å². The number of fused-ring (bicyclic) bond motifs is 3. The van der Waals surface area contributed by atoms with Crippen LogP contribution in [0.4, 0.5) is 0 Å². The number of pyridine rings is 1. The molecule has 0 radical (unpaired) electrons. The zero-order valence-corrected chi connectivity index (χ0v) is 14.3. The summed E-state index contributed by atoms with van der Waals surface area (Å²) < 4.78 is 8.21. The molecule has 3 heterocycles. The topological polar surface area (TPSA) is 52.2 Å². The molecule has 1 aromatic carbocycles. The highest BCUT2D eigenvalue weighted by molar-refractivity contribution is 7.17. The molecule has 5 rings (SSSR count). The Balaban J connectivity index is 1.72. The van der Waals surface area contributed by atoms with E-state index in [1.54, 1.807) is 18.3 Å². The van der Waals surface area contributed by atoms with Crippen LogP contribution in [0.1, 0.15) is 23.1 Å². The van der Waals surface area contributed by atoms with Crippen LogP contribution in [-0.4, -0.2) is 4.57 Å². The van der Waals surface area contributed by atoms with E-state index in [-0.39, 0.29) is 11.1 Å². The van der Waals surface area contributed by atoms with Crippen molar-refractivity contribution in [1.29, 1.82) is 0 Å². The van der Waals surface area contributed by atoms with Crippen molar-refractivity contribution in [3.05, 3.63) is 79.2 Å². The van der Waals surface area contributed by atoms with Gasteiger partial charge >= 0.3 is 5.63 Å². The number of nitrogens with zero attached hydrogens (tertiary/aromatic N) is 1. The van der Waals surface area contributed by atoms with Gasteiger partial charge in [0.2, 0.25) is 0 Å². The summed E-state index contributed by atoms with van der Waals surface area (Å²) in [6.45, 7) is 0.536. The zero-order chi connectivity index (χ0) is 17.0. The molecule has 1 aliphatic rings. The van der Waals surface area contributed by atoms with Crippen molar-refractivity contribution in [2.24, 2.45) is 0 Å². The summed E-state index contributed by atoms with van der Waals surface area (Å²) >= 11 is 1.45. The molecule has 0 fully saturated rings. The fraction of sp³-hybridized carbons (Fsp3) is 0.200. The van der Waals surface area contributed by atoms with E-state index in [1.807, 2.05) is 22.1 Å². The van der Waals surface area contributed by atoms with Crippen LogP contribution < -0.4 is 11.1 Å². The minimum atomic E-state index is -0.331. The fourth-order valence-corrected chi connectivity index (χ4v) is 4.60. The molecule has 0 unspecified atom stereocenters. The first kappa shape index (κ1) is 14.7. The molecule has 0 saturated heterocycles. The maximum Gasteiger partial charge on any atom is 0.336 e. The van der Waals surface area contributed by atoms with Crippen molar-refractivity contribution in [3.63, 3.8) is 0 Å². The maximum absolute atomic E-state index is 12.0. The minimum Gasteiger partial charge on any atom is -0.423 e. The average molecular weight is 349 g/mol. The number of benzene rings is 1. The van der Waals surface area contributed by atoms with Crippen molar-refractivity contribution >= 4 is 32.5 Å². The molecule has 1 aliphatic carbocycles. The van der Waals surface area contributed by atoms with E-state index in [0.29, 0.717) is 12.1 Å². The Bertz CT molecular complexity index is 1250. The molecule has 0 spiro atoms. The van der Waals surface area contributed by atoms with E-state index in [2.05, 4.69) is 6.07 Å². The van der Waals surface area contributed by atoms with Crippen LogP contribution in [0.15, 0.2) is 55.9 Å². The van der Waals surface area contributed by atoms with E-state index >= 15 is 0 Å². The highest BCUT2D eigenvalue weighted by Crippen LogP contribution is 2.29. The van der Waals surface area contributed by atoms with E-state index < -0.39 is 0 Å². The van der Waals surface area contributed by atoms with Gasteiger partial charge in [0.05, 0.1) is 10.2 Å². The smallest absolute Gasteiger partial charge is 0.336 e. The normalized spacial score (nSPS) is 13.6. The third kappa shape index (κ3) is 2.35. The van der Waals surface area contributed by atoms with Gasteiger partial charge in [-0.25, -0.2) is 4.79 Å². The molecule has 124 valence electrons. The molecule has 4 nitrogen and oxygen atoms in total. The zero-order valence-electron chi connectivity index (χ0n) is 13.5. The first-order valence-corrected chi connectivity index (χ1v) is 9.22. The van der Waals surface area contributed by atoms with E-state index in [0.717, 1.165) is 40.4 Å². The van der Waals surface area contributed by atoms with Gasteiger partial charge in [-0.15, -0.1) is 11.3 Å². The standard InChI is InChI=1S/C20H15NO3S/c22-17-4-6-21(16-5-7-25-20(16)17)11-14-10-19(23)24-18-9-13-3-1-2-12(13)8-15(14)18/h4-10H,1-3,11H2. The minimum absolute atomic E-state index is 0.0384. The Kier molecular flexibility index (Phi) is 3.18. The summed E-state index contributed by atoms with van der Waals surface area (Å²) in [6.07, 6.45) is 5.08. The lowest BCUT2D eigenvalue weighted by Gasteiger charge is -2.11. The molecular weight excluding hydrogens is 334 g/mol. The summed E-state index contributed by atoms with van der Waals surface area (Å²) in [5.41, 5.74) is 4.84. The number of thiophene rings is 1. The lowest BCUT2D eigenvalue weighted by molar-refractivity contribution is 0.557. The number of hydrogen-bond donors (Lipinski definition) is 0. The molecule has 0 bridgehead atoms. The highest BCUT2D eigenvalue weighted by atomic mass is 32.1. The number of aryl methyl sites for hydroxylation is 2. The molecule has 25 heavy (non-hydrogen) atoms. The van der Waals surface area contributed by atoms with Gasteiger partial charge in [-0.2, -0.15) is 0 Å². The van der Waals surface area contributed by atoms with Gasteiger partial charge in [0.15, 0.2) is 5.43 Å². The highest BCUT2D eigenvalue weighted by Gasteiger charge is 2.15. The van der Waals surface area contributed by atoms with Gasteiger partial charge in [0.1, 0.15) is 5.58 Å². The third-order valence-electron chi connectivity index (χ3n) is 4.97. The second-order valence-electron chi connectivity index (χ2n) is 6.50. The number of hydrogen-bond acceptors (Lipinski definition) is 4. The van der Waals surface area contributed by atoms with Gasteiger partial charge in [-0.3, -0.25) is 4.79 Å². The number of aromatic nitrogens is 1. The lowest BCUT2D eigenvalue weighted by Crippen LogP contribution is -2.09. The summed E-state index contributed by atoms with van der Waals surface area (Å²) in [5, 5.41) is 2.91. The fourth-order valence-electron chi connectivity index (χ4n) is 3.77. The SMILES string of the molecule is O=c1cc(Cn2ccc(=O)c3sccc32)c2cc3c(cc2o1)CCC3. The Labute approximate surface area is 147 Å². The largest absolute Gasteiger partial charge is 0.423 e. The van der Waals surface area contributed by atoms with E-state index in [9.17, 15) is 9.59 Å². The predicted octanol–water partition coefficient (Wildman–Crippen LogP) is 3.71. The van der Waals surface area contributed by atoms with Gasteiger partial charge in [0.25, 0.3) is 0 Å². The molecule has 0 N–H and O–H groups in total. The van der Waals surface area contributed by atoms with Crippen LogP contribution in [0.2, 0.25) is 0 Å². The van der Waals surface area contributed by atoms with Gasteiger partial charge in [-0.05, 0) is 59.5 Å². The van der Waals surface area contributed by atoms with Crippen LogP contribution in [0.5, 0.6) is 0 Å². The van der Waals surface area contributed by atoms with Gasteiger partial charge < -0.3 is 8.98 Å².